The van der Waals surface area contributed by atoms with Gasteiger partial charge in [-0.1, -0.05) is 6.07 Å². The number of halogens is 1. The molecule has 0 bridgehead atoms. The van der Waals surface area contributed by atoms with Crippen molar-refractivity contribution >= 4 is 0 Å². The van der Waals surface area contributed by atoms with E-state index in [1.807, 2.05) is 0 Å². The Hall–Kier alpha value is -1.09. The number of phenolic OH excluding ortho intramolecular Hbond substituents is 1. The molecule has 0 spiro atoms. The summed E-state index contributed by atoms with van der Waals surface area (Å²) in [4.78, 5) is 0. The number of benzene rings is 1. The third kappa shape index (κ3) is 1.65. The van der Waals surface area contributed by atoms with Crippen LogP contribution in [0.5, 0.6) is 5.75 Å². The highest BCUT2D eigenvalue weighted by atomic mass is 19.1. The number of fused-ring (bicyclic) bond motifs is 1. The molecule has 0 fully saturated rings. The van der Waals surface area contributed by atoms with E-state index in [0.29, 0.717) is 25.1 Å². The van der Waals surface area contributed by atoms with E-state index in [9.17, 15) is 9.50 Å². The van der Waals surface area contributed by atoms with Crippen molar-refractivity contribution in [2.24, 2.45) is 0 Å². The molecular formula is C10H12FNO. The summed E-state index contributed by atoms with van der Waals surface area (Å²) in [5.74, 6) is 0.203. The first-order valence-electron chi connectivity index (χ1n) is 4.44. The van der Waals surface area contributed by atoms with Gasteiger partial charge in [0.1, 0.15) is 11.9 Å². The van der Waals surface area contributed by atoms with Gasteiger partial charge in [0.05, 0.1) is 0 Å². The molecule has 1 aliphatic rings. The van der Waals surface area contributed by atoms with Crippen LogP contribution in [0.15, 0.2) is 18.2 Å². The average Bonchev–Trinajstić information content (AvgIpc) is 2.28. The highest BCUT2D eigenvalue weighted by molar-refractivity contribution is 5.36. The molecule has 1 heterocycles. The molecule has 0 saturated carbocycles. The summed E-state index contributed by atoms with van der Waals surface area (Å²) in [7, 11) is 0. The smallest absolute Gasteiger partial charge is 0.127 e. The van der Waals surface area contributed by atoms with Crippen molar-refractivity contribution in [3.8, 4) is 5.75 Å². The monoisotopic (exact) mass is 181 g/mol. The maximum atomic E-state index is 13.4. The molecule has 1 aromatic rings. The van der Waals surface area contributed by atoms with E-state index in [4.69, 9.17) is 0 Å². The average molecular weight is 181 g/mol. The van der Waals surface area contributed by atoms with Crippen molar-refractivity contribution in [1.29, 1.82) is 0 Å². The predicted molar refractivity (Wildman–Crippen MR) is 48.3 cm³/mol. The Morgan fingerprint density at radius 2 is 2.31 bits per heavy atom. The number of nitrogens with one attached hydrogen (secondary N) is 1. The van der Waals surface area contributed by atoms with Crippen LogP contribution < -0.4 is 5.32 Å². The molecule has 3 heteroatoms. The van der Waals surface area contributed by atoms with Crippen LogP contribution in [0.1, 0.15) is 23.7 Å². The lowest BCUT2D eigenvalue weighted by molar-refractivity contribution is 0.326. The van der Waals surface area contributed by atoms with Gasteiger partial charge in [0.25, 0.3) is 0 Å². The standard InChI is InChI=1S/C10H12FNO/c11-10-3-4-12-6-7-5-8(13)1-2-9(7)10/h1-2,5,10,12-13H,3-4,6H2. The molecule has 2 nitrogen and oxygen atoms in total. The molecule has 1 aromatic carbocycles. The molecule has 13 heavy (non-hydrogen) atoms. The highest BCUT2D eigenvalue weighted by Crippen LogP contribution is 2.28. The van der Waals surface area contributed by atoms with Gasteiger partial charge in [0, 0.05) is 6.54 Å². The van der Waals surface area contributed by atoms with Gasteiger partial charge in [0.2, 0.25) is 0 Å². The van der Waals surface area contributed by atoms with Crippen LogP contribution in [0, 0.1) is 0 Å². The van der Waals surface area contributed by atoms with Crippen molar-refractivity contribution < 1.29 is 9.50 Å². The summed E-state index contributed by atoms with van der Waals surface area (Å²) in [6.45, 7) is 1.33. The maximum Gasteiger partial charge on any atom is 0.127 e. The first-order chi connectivity index (χ1) is 6.27. The summed E-state index contributed by atoms with van der Waals surface area (Å²) in [5, 5.41) is 12.3. The van der Waals surface area contributed by atoms with E-state index < -0.39 is 6.17 Å². The van der Waals surface area contributed by atoms with Gasteiger partial charge in [-0.05, 0) is 36.2 Å². The molecule has 0 amide bonds. The normalized spacial score (nSPS) is 22.1. The minimum absolute atomic E-state index is 0.203. The lowest BCUT2D eigenvalue weighted by Crippen LogP contribution is -2.11. The van der Waals surface area contributed by atoms with Crippen molar-refractivity contribution in [1.82, 2.24) is 5.32 Å². The first-order valence-corrected chi connectivity index (χ1v) is 4.44. The number of aromatic hydroxyl groups is 1. The van der Waals surface area contributed by atoms with Gasteiger partial charge in [-0.2, -0.15) is 0 Å². The number of hydrogen-bond donors (Lipinski definition) is 2. The van der Waals surface area contributed by atoms with Crippen molar-refractivity contribution in [2.45, 2.75) is 19.1 Å². The number of rotatable bonds is 0. The topological polar surface area (TPSA) is 32.3 Å². The second kappa shape index (κ2) is 3.34. The molecule has 70 valence electrons. The number of hydrogen-bond acceptors (Lipinski definition) is 2. The second-order valence-electron chi connectivity index (χ2n) is 3.32. The fourth-order valence-corrected chi connectivity index (χ4v) is 1.66. The summed E-state index contributed by atoms with van der Waals surface area (Å²) in [5.41, 5.74) is 1.58. The van der Waals surface area contributed by atoms with Gasteiger partial charge in [-0.3, -0.25) is 0 Å². The van der Waals surface area contributed by atoms with Crippen LogP contribution in [-0.4, -0.2) is 11.7 Å². The van der Waals surface area contributed by atoms with Gasteiger partial charge < -0.3 is 10.4 Å². The second-order valence-corrected chi connectivity index (χ2v) is 3.32. The van der Waals surface area contributed by atoms with E-state index in [1.165, 1.54) is 6.07 Å². The van der Waals surface area contributed by atoms with Gasteiger partial charge in [0.15, 0.2) is 0 Å². The molecule has 0 aromatic heterocycles. The SMILES string of the molecule is Oc1ccc2c(c1)CNCCC2F. The lowest BCUT2D eigenvalue weighted by atomic mass is 10.0. The van der Waals surface area contributed by atoms with Crippen LogP contribution in [0.4, 0.5) is 4.39 Å². The van der Waals surface area contributed by atoms with Gasteiger partial charge in [-0.15, -0.1) is 0 Å². The van der Waals surface area contributed by atoms with Crippen molar-refractivity contribution in [3.05, 3.63) is 29.3 Å². The minimum Gasteiger partial charge on any atom is -0.508 e. The Kier molecular flexibility index (Phi) is 2.19. The Bertz CT molecular complexity index is 314. The Morgan fingerprint density at radius 3 is 3.15 bits per heavy atom. The van der Waals surface area contributed by atoms with E-state index in [-0.39, 0.29) is 5.75 Å². The van der Waals surface area contributed by atoms with Gasteiger partial charge >= 0.3 is 0 Å². The van der Waals surface area contributed by atoms with E-state index in [0.717, 1.165) is 5.56 Å². The van der Waals surface area contributed by atoms with Crippen molar-refractivity contribution in [3.63, 3.8) is 0 Å². The van der Waals surface area contributed by atoms with Crippen LogP contribution in [-0.2, 0) is 6.54 Å². The van der Waals surface area contributed by atoms with Crippen LogP contribution in [0.2, 0.25) is 0 Å². The van der Waals surface area contributed by atoms with E-state index in [1.54, 1.807) is 12.1 Å². The predicted octanol–water partition coefficient (Wildman–Crippen LogP) is 1.90. The molecule has 2 rings (SSSR count). The summed E-state index contributed by atoms with van der Waals surface area (Å²) in [6.07, 6.45) is -0.386. The quantitative estimate of drug-likeness (QED) is 0.640. The third-order valence-corrected chi connectivity index (χ3v) is 2.35. The summed E-state index contributed by atoms with van der Waals surface area (Å²) in [6, 6.07) is 4.83. The molecule has 1 atom stereocenters. The fourth-order valence-electron chi connectivity index (χ4n) is 1.66. The Balaban J connectivity index is 2.42. The molecule has 0 aliphatic carbocycles. The lowest BCUT2D eigenvalue weighted by Gasteiger charge is -2.08. The maximum absolute atomic E-state index is 13.4. The number of phenols is 1. The highest BCUT2D eigenvalue weighted by Gasteiger charge is 2.17. The third-order valence-electron chi connectivity index (χ3n) is 2.35. The molecule has 1 aliphatic heterocycles. The minimum atomic E-state index is -0.898. The molecule has 1 unspecified atom stereocenters. The zero-order valence-corrected chi connectivity index (χ0v) is 7.26. The van der Waals surface area contributed by atoms with Gasteiger partial charge in [-0.25, -0.2) is 4.39 Å². The molecule has 0 radical (unpaired) electrons. The van der Waals surface area contributed by atoms with Crippen LogP contribution in [0.3, 0.4) is 0 Å². The van der Waals surface area contributed by atoms with Crippen molar-refractivity contribution in [2.75, 3.05) is 6.54 Å². The summed E-state index contributed by atoms with van der Waals surface area (Å²) >= 11 is 0. The van der Waals surface area contributed by atoms with E-state index >= 15 is 0 Å². The van der Waals surface area contributed by atoms with E-state index in [2.05, 4.69) is 5.32 Å². The van der Waals surface area contributed by atoms with Crippen LogP contribution in [0.25, 0.3) is 0 Å². The largest absolute Gasteiger partial charge is 0.508 e. The molecule has 0 saturated heterocycles. The fraction of sp³-hybridized carbons (Fsp3) is 0.400. The molecular weight excluding hydrogens is 169 g/mol. The Morgan fingerprint density at radius 1 is 1.46 bits per heavy atom. The zero-order chi connectivity index (χ0) is 9.26. The van der Waals surface area contributed by atoms with Crippen LogP contribution >= 0.6 is 0 Å². The summed E-state index contributed by atoms with van der Waals surface area (Å²) < 4.78 is 13.4. The zero-order valence-electron chi connectivity index (χ0n) is 7.26. The first kappa shape index (κ1) is 8.51. The number of alkyl halides is 1. The Labute approximate surface area is 76.4 Å². The molecule has 2 N–H and O–H groups in total.